The summed E-state index contributed by atoms with van der Waals surface area (Å²) in [5.41, 5.74) is -0.0532. The fraction of sp³-hybridized carbons (Fsp3) is 0.857. The average molecular weight is 268 g/mol. The van der Waals surface area contributed by atoms with Crippen LogP contribution >= 0.6 is 0 Å². The second kappa shape index (κ2) is 5.80. The summed E-state index contributed by atoms with van der Waals surface area (Å²) in [5, 5.41) is 15.0. The lowest BCUT2D eigenvalue weighted by atomic mass is 9.86. The normalized spacial score (nSPS) is 29.7. The van der Waals surface area contributed by atoms with Gasteiger partial charge in [-0.1, -0.05) is 12.8 Å². The number of aliphatic carboxylic acids is 1. The molecule has 0 spiro atoms. The van der Waals surface area contributed by atoms with Crippen LogP contribution in [0.5, 0.6) is 0 Å². The highest BCUT2D eigenvalue weighted by atomic mass is 16.4. The molecule has 0 unspecified atom stereocenters. The van der Waals surface area contributed by atoms with Gasteiger partial charge in [0.25, 0.3) is 0 Å². The molecule has 5 nitrogen and oxygen atoms in total. The zero-order valence-electron chi connectivity index (χ0n) is 11.6. The van der Waals surface area contributed by atoms with Gasteiger partial charge < -0.3 is 15.7 Å². The van der Waals surface area contributed by atoms with Crippen LogP contribution in [0.4, 0.5) is 4.79 Å². The number of carbonyl (C=O) groups excluding carboxylic acids is 1. The lowest BCUT2D eigenvalue weighted by Gasteiger charge is -2.30. The van der Waals surface area contributed by atoms with Gasteiger partial charge in [-0.15, -0.1) is 0 Å². The molecule has 3 N–H and O–H groups in total. The number of hydrogen-bond acceptors (Lipinski definition) is 2. The van der Waals surface area contributed by atoms with Crippen molar-refractivity contribution in [1.29, 1.82) is 0 Å². The Kier molecular flexibility index (Phi) is 4.32. The maximum Gasteiger partial charge on any atom is 0.315 e. The molecule has 2 saturated carbocycles. The van der Waals surface area contributed by atoms with E-state index in [2.05, 4.69) is 17.6 Å². The summed E-state index contributed by atoms with van der Waals surface area (Å²) >= 11 is 0. The molecule has 5 heteroatoms. The topological polar surface area (TPSA) is 78.4 Å². The molecule has 0 saturated heterocycles. The van der Waals surface area contributed by atoms with Gasteiger partial charge in [0.05, 0.1) is 5.92 Å². The SMILES string of the molecule is CC1(NC(=O)NC2CCC(C(=O)O)CC2)CCCC1. The monoisotopic (exact) mass is 268 g/mol. The molecular weight excluding hydrogens is 244 g/mol. The van der Waals surface area contributed by atoms with E-state index in [4.69, 9.17) is 5.11 Å². The van der Waals surface area contributed by atoms with Crippen molar-refractivity contribution in [2.24, 2.45) is 5.92 Å². The summed E-state index contributed by atoms with van der Waals surface area (Å²) < 4.78 is 0. The van der Waals surface area contributed by atoms with E-state index in [1.54, 1.807) is 0 Å². The fourth-order valence-electron chi connectivity index (χ4n) is 3.26. The number of nitrogens with one attached hydrogen (secondary N) is 2. The van der Waals surface area contributed by atoms with Crippen LogP contribution in [-0.4, -0.2) is 28.7 Å². The van der Waals surface area contributed by atoms with Gasteiger partial charge in [0.2, 0.25) is 0 Å². The van der Waals surface area contributed by atoms with E-state index >= 15 is 0 Å². The molecule has 2 amide bonds. The third-order valence-corrected chi connectivity index (χ3v) is 4.53. The van der Waals surface area contributed by atoms with Gasteiger partial charge >= 0.3 is 12.0 Å². The smallest absolute Gasteiger partial charge is 0.315 e. The molecule has 0 aromatic rings. The molecule has 0 bridgehead atoms. The van der Waals surface area contributed by atoms with Crippen LogP contribution in [0, 0.1) is 5.92 Å². The number of carboxylic acid groups (broad SMARTS) is 1. The standard InChI is InChI=1S/C14H24N2O3/c1-14(8-2-3-9-14)16-13(19)15-11-6-4-10(5-7-11)12(17)18/h10-11H,2-9H2,1H3,(H,17,18)(H2,15,16,19). The van der Waals surface area contributed by atoms with Crippen molar-refractivity contribution in [2.75, 3.05) is 0 Å². The summed E-state index contributed by atoms with van der Waals surface area (Å²) in [6.07, 6.45) is 7.32. The average Bonchev–Trinajstić information content (AvgIpc) is 2.76. The summed E-state index contributed by atoms with van der Waals surface area (Å²) in [4.78, 5) is 22.8. The molecule has 2 rings (SSSR count). The second-order valence-electron chi connectivity index (χ2n) is 6.25. The highest BCUT2D eigenvalue weighted by Gasteiger charge is 2.31. The second-order valence-corrected chi connectivity index (χ2v) is 6.25. The van der Waals surface area contributed by atoms with Crippen molar-refractivity contribution in [3.63, 3.8) is 0 Å². The molecule has 0 atom stereocenters. The van der Waals surface area contributed by atoms with Crippen molar-refractivity contribution in [3.05, 3.63) is 0 Å². The largest absolute Gasteiger partial charge is 0.481 e. The predicted octanol–water partition coefficient (Wildman–Crippen LogP) is 2.26. The Bertz CT molecular complexity index is 343. The molecular formula is C14H24N2O3. The quantitative estimate of drug-likeness (QED) is 0.734. The van der Waals surface area contributed by atoms with Crippen LogP contribution in [0.15, 0.2) is 0 Å². The first kappa shape index (κ1) is 14.2. The molecule has 108 valence electrons. The number of amides is 2. The van der Waals surface area contributed by atoms with Gasteiger partial charge in [0.15, 0.2) is 0 Å². The van der Waals surface area contributed by atoms with E-state index in [0.29, 0.717) is 12.8 Å². The van der Waals surface area contributed by atoms with Gasteiger partial charge in [-0.3, -0.25) is 4.79 Å². The number of carboxylic acids is 1. The molecule has 0 aromatic heterocycles. The highest BCUT2D eigenvalue weighted by molar-refractivity contribution is 5.75. The third kappa shape index (κ3) is 3.85. The van der Waals surface area contributed by atoms with Crippen LogP contribution in [0.2, 0.25) is 0 Å². The van der Waals surface area contributed by atoms with Gasteiger partial charge in [0.1, 0.15) is 0 Å². The Morgan fingerprint density at radius 1 is 1.11 bits per heavy atom. The van der Waals surface area contributed by atoms with Gasteiger partial charge in [-0.2, -0.15) is 0 Å². The van der Waals surface area contributed by atoms with Crippen LogP contribution in [0.25, 0.3) is 0 Å². The minimum absolute atomic E-state index is 0.0532. The van der Waals surface area contributed by atoms with Crippen molar-refractivity contribution < 1.29 is 14.7 Å². The minimum Gasteiger partial charge on any atom is -0.481 e. The summed E-state index contributed by atoms with van der Waals surface area (Å²) in [5.74, 6) is -0.935. The summed E-state index contributed by atoms with van der Waals surface area (Å²) in [7, 11) is 0. The van der Waals surface area contributed by atoms with Gasteiger partial charge in [0, 0.05) is 11.6 Å². The maximum absolute atomic E-state index is 11.9. The van der Waals surface area contributed by atoms with Crippen LogP contribution in [0.1, 0.15) is 58.3 Å². The molecule has 2 aliphatic rings. The molecule has 0 radical (unpaired) electrons. The van der Waals surface area contributed by atoms with Gasteiger partial charge in [-0.25, -0.2) is 4.79 Å². The first-order valence-corrected chi connectivity index (χ1v) is 7.30. The molecule has 0 aliphatic heterocycles. The Morgan fingerprint density at radius 3 is 2.21 bits per heavy atom. The van der Waals surface area contributed by atoms with Crippen molar-refractivity contribution >= 4 is 12.0 Å². The van der Waals surface area contributed by atoms with E-state index < -0.39 is 5.97 Å². The lowest BCUT2D eigenvalue weighted by Crippen LogP contribution is -2.51. The molecule has 19 heavy (non-hydrogen) atoms. The first-order valence-electron chi connectivity index (χ1n) is 7.30. The highest BCUT2D eigenvalue weighted by Crippen LogP contribution is 2.29. The molecule has 2 fully saturated rings. The third-order valence-electron chi connectivity index (χ3n) is 4.53. The Morgan fingerprint density at radius 2 is 1.68 bits per heavy atom. The van der Waals surface area contributed by atoms with Crippen molar-refractivity contribution in [3.8, 4) is 0 Å². The Balaban J connectivity index is 1.73. The van der Waals surface area contributed by atoms with E-state index in [1.807, 2.05) is 0 Å². The molecule has 0 heterocycles. The van der Waals surface area contributed by atoms with E-state index in [-0.39, 0.29) is 23.5 Å². The van der Waals surface area contributed by atoms with E-state index in [0.717, 1.165) is 25.7 Å². The predicted molar refractivity (Wildman–Crippen MR) is 71.9 cm³/mol. The number of hydrogen-bond donors (Lipinski definition) is 3. The molecule has 0 aromatic carbocycles. The zero-order valence-corrected chi connectivity index (χ0v) is 11.6. The fourth-order valence-corrected chi connectivity index (χ4v) is 3.26. The van der Waals surface area contributed by atoms with Crippen LogP contribution < -0.4 is 10.6 Å². The van der Waals surface area contributed by atoms with Crippen LogP contribution in [-0.2, 0) is 4.79 Å². The van der Waals surface area contributed by atoms with E-state index in [9.17, 15) is 9.59 Å². The summed E-state index contributed by atoms with van der Waals surface area (Å²) in [6.45, 7) is 2.10. The minimum atomic E-state index is -0.707. The number of urea groups is 1. The van der Waals surface area contributed by atoms with Crippen molar-refractivity contribution in [2.45, 2.75) is 69.9 Å². The van der Waals surface area contributed by atoms with Crippen molar-refractivity contribution in [1.82, 2.24) is 10.6 Å². The van der Waals surface area contributed by atoms with Crippen LogP contribution in [0.3, 0.4) is 0 Å². The Hall–Kier alpha value is -1.26. The summed E-state index contributed by atoms with van der Waals surface area (Å²) in [6, 6.07) is 0.0313. The number of carbonyl (C=O) groups is 2. The van der Waals surface area contributed by atoms with Gasteiger partial charge in [-0.05, 0) is 45.4 Å². The lowest BCUT2D eigenvalue weighted by molar-refractivity contribution is -0.142. The number of rotatable bonds is 3. The maximum atomic E-state index is 11.9. The molecule has 2 aliphatic carbocycles. The first-order chi connectivity index (χ1) is 8.98. The Labute approximate surface area is 114 Å². The zero-order chi connectivity index (χ0) is 13.9. The van der Waals surface area contributed by atoms with E-state index in [1.165, 1.54) is 12.8 Å².